The van der Waals surface area contributed by atoms with E-state index in [0.717, 1.165) is 12.8 Å². The van der Waals surface area contributed by atoms with Crippen LogP contribution in [0.3, 0.4) is 0 Å². The van der Waals surface area contributed by atoms with Crippen molar-refractivity contribution in [2.75, 3.05) is 5.32 Å². The minimum atomic E-state index is -1.15. The second kappa shape index (κ2) is 6.01. The third-order valence-corrected chi connectivity index (χ3v) is 4.44. The molecule has 3 rings (SSSR count). The summed E-state index contributed by atoms with van der Waals surface area (Å²) in [5.41, 5.74) is 4.19. The summed E-state index contributed by atoms with van der Waals surface area (Å²) in [7, 11) is 0. The van der Waals surface area contributed by atoms with Crippen molar-refractivity contribution in [1.29, 1.82) is 0 Å². The highest BCUT2D eigenvalue weighted by molar-refractivity contribution is 9.10. The van der Waals surface area contributed by atoms with E-state index in [1.807, 2.05) is 0 Å². The van der Waals surface area contributed by atoms with E-state index in [9.17, 15) is 18.4 Å². The van der Waals surface area contributed by atoms with E-state index in [1.54, 1.807) is 6.07 Å². The average molecular weight is 398 g/mol. The number of nitrogens with two attached hydrogens (primary N) is 1. The van der Waals surface area contributed by atoms with Crippen molar-refractivity contribution in [3.05, 3.63) is 55.9 Å². The number of rotatable bonds is 4. The zero-order chi connectivity index (χ0) is 17.6. The van der Waals surface area contributed by atoms with Crippen molar-refractivity contribution in [1.82, 2.24) is 4.57 Å². The molecule has 0 radical (unpaired) electrons. The van der Waals surface area contributed by atoms with Crippen molar-refractivity contribution in [3.63, 3.8) is 0 Å². The van der Waals surface area contributed by atoms with E-state index < -0.39 is 28.8 Å². The second-order valence-corrected chi connectivity index (χ2v) is 6.58. The number of anilines is 2. The number of amides is 1. The van der Waals surface area contributed by atoms with E-state index in [2.05, 4.69) is 21.2 Å². The molecule has 8 heteroatoms. The zero-order valence-electron chi connectivity index (χ0n) is 12.7. The number of halogens is 3. The van der Waals surface area contributed by atoms with Crippen molar-refractivity contribution in [2.45, 2.75) is 25.8 Å². The molecule has 0 atom stereocenters. The molecule has 1 aliphatic rings. The molecule has 0 aliphatic heterocycles. The molecule has 0 saturated heterocycles. The van der Waals surface area contributed by atoms with Gasteiger partial charge in [-0.2, -0.15) is 4.39 Å². The Morgan fingerprint density at radius 1 is 1.38 bits per heavy atom. The largest absolute Gasteiger partial charge is 0.365 e. The van der Waals surface area contributed by atoms with Gasteiger partial charge in [0.15, 0.2) is 0 Å². The highest BCUT2D eigenvalue weighted by atomic mass is 79.9. The molecule has 0 spiro atoms. The second-order valence-electron chi connectivity index (χ2n) is 5.67. The van der Waals surface area contributed by atoms with Crippen LogP contribution in [0.25, 0.3) is 0 Å². The number of nitrogens with zero attached hydrogens (tertiary/aromatic N) is 1. The quantitative estimate of drug-likeness (QED) is 0.829. The summed E-state index contributed by atoms with van der Waals surface area (Å²) in [5.74, 6) is -2.70. The normalized spacial score (nSPS) is 13.8. The lowest BCUT2D eigenvalue weighted by Gasteiger charge is -2.18. The molecule has 1 fully saturated rings. The summed E-state index contributed by atoms with van der Waals surface area (Å²) in [6, 6.07) is 3.97. The molecule has 1 aromatic carbocycles. The molecule has 0 bridgehead atoms. The van der Waals surface area contributed by atoms with E-state index in [-0.39, 0.29) is 23.0 Å². The number of benzene rings is 1. The van der Waals surface area contributed by atoms with Gasteiger partial charge in [-0.1, -0.05) is 15.9 Å². The number of hydrogen-bond donors (Lipinski definition) is 2. The maximum atomic E-state index is 14.6. The van der Waals surface area contributed by atoms with Gasteiger partial charge in [-0.25, -0.2) is 4.39 Å². The molecular weight excluding hydrogens is 384 g/mol. The van der Waals surface area contributed by atoms with Gasteiger partial charge < -0.3 is 15.6 Å². The number of pyridine rings is 1. The predicted molar refractivity (Wildman–Crippen MR) is 89.6 cm³/mol. The smallest absolute Gasteiger partial charge is 0.289 e. The monoisotopic (exact) mass is 397 g/mol. The number of carbonyl (C=O) groups excluding carboxylic acids is 1. The molecule has 5 nitrogen and oxygen atoms in total. The molecule has 1 aliphatic carbocycles. The predicted octanol–water partition coefficient (Wildman–Crippen LogP) is 3.37. The Morgan fingerprint density at radius 3 is 2.58 bits per heavy atom. The molecule has 1 amide bonds. The van der Waals surface area contributed by atoms with E-state index in [0.29, 0.717) is 4.47 Å². The van der Waals surface area contributed by atoms with Crippen LogP contribution in [-0.4, -0.2) is 10.5 Å². The molecular formula is C16H14BrF2N3O2. The molecule has 0 unspecified atom stereocenters. The number of nitrogens with one attached hydrogen (secondary N) is 1. The van der Waals surface area contributed by atoms with Crippen molar-refractivity contribution in [3.8, 4) is 0 Å². The molecule has 1 aromatic heterocycles. The molecule has 1 saturated carbocycles. The Bertz CT molecular complexity index is 907. The molecule has 24 heavy (non-hydrogen) atoms. The molecule has 126 valence electrons. The number of aromatic nitrogens is 1. The van der Waals surface area contributed by atoms with Crippen LogP contribution in [0.2, 0.25) is 0 Å². The maximum absolute atomic E-state index is 14.6. The lowest BCUT2D eigenvalue weighted by molar-refractivity contribution is 0.0999. The van der Waals surface area contributed by atoms with Crippen LogP contribution >= 0.6 is 15.9 Å². The first-order valence-corrected chi connectivity index (χ1v) is 8.07. The summed E-state index contributed by atoms with van der Waals surface area (Å²) in [5, 5.41) is 2.50. The van der Waals surface area contributed by atoms with Crippen LogP contribution in [0.4, 0.5) is 20.2 Å². The first kappa shape index (κ1) is 16.6. The van der Waals surface area contributed by atoms with Gasteiger partial charge in [0, 0.05) is 16.2 Å². The summed E-state index contributed by atoms with van der Waals surface area (Å²) in [6.45, 7) is 1.53. The highest BCUT2D eigenvalue weighted by Crippen LogP contribution is 2.37. The van der Waals surface area contributed by atoms with Crippen LogP contribution < -0.4 is 16.6 Å². The third kappa shape index (κ3) is 2.82. The van der Waals surface area contributed by atoms with Gasteiger partial charge in [0.25, 0.3) is 11.5 Å². The molecule has 1 heterocycles. The van der Waals surface area contributed by atoms with Crippen LogP contribution in [-0.2, 0) is 0 Å². The van der Waals surface area contributed by atoms with Gasteiger partial charge in [0.2, 0.25) is 5.82 Å². The fourth-order valence-corrected chi connectivity index (χ4v) is 3.03. The van der Waals surface area contributed by atoms with Gasteiger partial charge >= 0.3 is 0 Å². The SMILES string of the molecule is Cc1c(C(N)=O)c(Nc2ccc(Br)cc2F)c(F)c(=O)n1C1CC1. The Kier molecular flexibility index (Phi) is 4.16. The Labute approximate surface area is 144 Å². The lowest BCUT2D eigenvalue weighted by atomic mass is 10.1. The number of carbonyl (C=O) groups is 1. The summed E-state index contributed by atoms with van der Waals surface area (Å²) < 4.78 is 30.4. The first-order valence-electron chi connectivity index (χ1n) is 7.27. The van der Waals surface area contributed by atoms with Gasteiger partial charge in [-0.3, -0.25) is 9.59 Å². The Balaban J connectivity index is 2.19. The van der Waals surface area contributed by atoms with Crippen molar-refractivity contribution >= 4 is 33.2 Å². The number of primary amides is 1. The lowest BCUT2D eigenvalue weighted by Crippen LogP contribution is -2.30. The van der Waals surface area contributed by atoms with Crippen LogP contribution in [0, 0.1) is 18.6 Å². The van der Waals surface area contributed by atoms with E-state index in [1.165, 1.54) is 23.6 Å². The third-order valence-electron chi connectivity index (χ3n) is 3.95. The topological polar surface area (TPSA) is 77.1 Å². The van der Waals surface area contributed by atoms with Crippen molar-refractivity contribution in [2.24, 2.45) is 5.73 Å². The average Bonchev–Trinajstić information content (AvgIpc) is 3.31. The van der Waals surface area contributed by atoms with Crippen LogP contribution in [0.5, 0.6) is 0 Å². The summed E-state index contributed by atoms with van der Waals surface area (Å²) in [6.07, 6.45) is 1.49. The number of hydrogen-bond acceptors (Lipinski definition) is 3. The van der Waals surface area contributed by atoms with Gasteiger partial charge in [-0.05, 0) is 38.0 Å². The fourth-order valence-electron chi connectivity index (χ4n) is 2.69. The van der Waals surface area contributed by atoms with Crippen LogP contribution in [0.15, 0.2) is 27.5 Å². The zero-order valence-corrected chi connectivity index (χ0v) is 14.3. The van der Waals surface area contributed by atoms with Crippen LogP contribution in [0.1, 0.15) is 34.9 Å². The Hall–Kier alpha value is -2.22. The van der Waals surface area contributed by atoms with Gasteiger partial charge in [0.05, 0.1) is 16.9 Å². The summed E-state index contributed by atoms with van der Waals surface area (Å²) in [4.78, 5) is 24.1. The summed E-state index contributed by atoms with van der Waals surface area (Å²) >= 11 is 3.12. The maximum Gasteiger partial charge on any atom is 0.289 e. The molecule has 3 N–H and O–H groups in total. The van der Waals surface area contributed by atoms with Crippen molar-refractivity contribution < 1.29 is 13.6 Å². The van der Waals surface area contributed by atoms with E-state index >= 15 is 0 Å². The van der Waals surface area contributed by atoms with E-state index in [4.69, 9.17) is 5.73 Å². The van der Waals surface area contributed by atoms with Gasteiger partial charge in [-0.15, -0.1) is 0 Å². The van der Waals surface area contributed by atoms with Gasteiger partial charge in [0.1, 0.15) is 5.82 Å². The molecule has 2 aromatic rings. The minimum absolute atomic E-state index is 0.0671. The first-order chi connectivity index (χ1) is 11.3. The Morgan fingerprint density at radius 2 is 2.04 bits per heavy atom. The minimum Gasteiger partial charge on any atom is -0.365 e. The fraction of sp³-hybridized carbons (Fsp3) is 0.250. The standard InChI is InChI=1S/C16H14BrF2N3O2/c1-7-12(15(20)23)14(13(19)16(24)22(7)9-3-4-9)21-11-5-2-8(17)6-10(11)18/h2,5-6,9,21H,3-4H2,1H3,(H2,20,23). The highest BCUT2D eigenvalue weighted by Gasteiger charge is 2.31.